The van der Waals surface area contributed by atoms with E-state index in [2.05, 4.69) is 5.32 Å². The Morgan fingerprint density at radius 3 is 2.62 bits per heavy atom. The van der Waals surface area contributed by atoms with Crippen LogP contribution in [0.3, 0.4) is 0 Å². The molecule has 0 saturated carbocycles. The molecule has 0 bridgehead atoms. The number of carbonyl (C=O) groups excluding carboxylic acids is 2. The number of carboxylic acids is 1. The Bertz CT molecular complexity index is 682. The largest absolute Gasteiger partial charge is 0.481 e. The number of nitrogens with one attached hydrogen (secondary N) is 1. The summed E-state index contributed by atoms with van der Waals surface area (Å²) in [5.41, 5.74) is 1.92. The third-order valence-electron chi connectivity index (χ3n) is 4.65. The Kier molecular flexibility index (Phi) is 4.96. The van der Waals surface area contributed by atoms with Crippen molar-refractivity contribution in [1.82, 2.24) is 5.32 Å². The summed E-state index contributed by atoms with van der Waals surface area (Å²) in [5.74, 6) is -1.78. The number of anilines is 1. The van der Waals surface area contributed by atoms with Gasteiger partial charge in [-0.2, -0.15) is 0 Å². The van der Waals surface area contributed by atoms with Gasteiger partial charge in [-0.3, -0.25) is 14.4 Å². The van der Waals surface area contributed by atoms with Gasteiger partial charge in [0.1, 0.15) is 0 Å². The number of hydrogen-bond acceptors (Lipinski definition) is 3. The van der Waals surface area contributed by atoms with Crippen molar-refractivity contribution in [2.75, 3.05) is 18.0 Å². The SMILES string of the molecule is Cc1cccc(N2CC(C(=O)NCC(C)(C)C(=O)O)CC2=O)c1C. The molecule has 2 N–H and O–H groups in total. The molecule has 1 aromatic rings. The van der Waals surface area contributed by atoms with Crippen molar-refractivity contribution in [3.05, 3.63) is 29.3 Å². The van der Waals surface area contributed by atoms with Crippen LogP contribution in [0.4, 0.5) is 5.69 Å². The van der Waals surface area contributed by atoms with Gasteiger partial charge in [0, 0.05) is 25.2 Å². The Morgan fingerprint density at radius 1 is 1.33 bits per heavy atom. The third kappa shape index (κ3) is 3.58. The number of carboxylic acid groups (broad SMARTS) is 1. The quantitative estimate of drug-likeness (QED) is 0.862. The summed E-state index contributed by atoms with van der Waals surface area (Å²) < 4.78 is 0. The molecular weight excluding hydrogens is 308 g/mol. The number of nitrogens with zero attached hydrogens (tertiary/aromatic N) is 1. The van der Waals surface area contributed by atoms with Crippen molar-refractivity contribution in [1.29, 1.82) is 0 Å². The number of benzene rings is 1. The highest BCUT2D eigenvalue weighted by Gasteiger charge is 2.37. The lowest BCUT2D eigenvalue weighted by Gasteiger charge is -2.22. The van der Waals surface area contributed by atoms with Gasteiger partial charge in [-0.1, -0.05) is 12.1 Å². The van der Waals surface area contributed by atoms with Crippen LogP contribution in [0.1, 0.15) is 31.4 Å². The van der Waals surface area contributed by atoms with Crippen LogP contribution in [0, 0.1) is 25.2 Å². The standard InChI is InChI=1S/C18H24N2O4/c1-11-6-5-7-14(12(11)2)20-9-13(8-15(20)21)16(22)19-10-18(3,4)17(23)24/h5-7,13H,8-10H2,1-4H3,(H,19,22)(H,23,24). The summed E-state index contributed by atoms with van der Waals surface area (Å²) >= 11 is 0. The topological polar surface area (TPSA) is 86.7 Å². The monoisotopic (exact) mass is 332 g/mol. The fourth-order valence-corrected chi connectivity index (χ4v) is 2.67. The molecular formula is C18H24N2O4. The normalized spacial score (nSPS) is 17.9. The van der Waals surface area contributed by atoms with Crippen molar-refractivity contribution in [2.45, 2.75) is 34.1 Å². The van der Waals surface area contributed by atoms with Gasteiger partial charge in [0.2, 0.25) is 11.8 Å². The zero-order chi connectivity index (χ0) is 18.1. The first kappa shape index (κ1) is 18.0. The van der Waals surface area contributed by atoms with Gasteiger partial charge in [0.25, 0.3) is 0 Å². The Morgan fingerprint density at radius 2 is 2.00 bits per heavy atom. The number of hydrogen-bond donors (Lipinski definition) is 2. The molecule has 2 rings (SSSR count). The van der Waals surface area contributed by atoms with E-state index < -0.39 is 17.3 Å². The Hall–Kier alpha value is -2.37. The molecule has 130 valence electrons. The van der Waals surface area contributed by atoms with Crippen molar-refractivity contribution >= 4 is 23.5 Å². The highest BCUT2D eigenvalue weighted by Crippen LogP contribution is 2.29. The molecule has 1 heterocycles. The highest BCUT2D eigenvalue weighted by atomic mass is 16.4. The molecule has 1 fully saturated rings. The molecule has 0 aliphatic carbocycles. The minimum atomic E-state index is -1.04. The van der Waals surface area contributed by atoms with Crippen LogP contribution in [0.5, 0.6) is 0 Å². The van der Waals surface area contributed by atoms with E-state index in [1.54, 1.807) is 18.7 Å². The van der Waals surface area contributed by atoms with Crippen molar-refractivity contribution in [2.24, 2.45) is 11.3 Å². The van der Waals surface area contributed by atoms with Crippen LogP contribution < -0.4 is 10.2 Å². The fourth-order valence-electron chi connectivity index (χ4n) is 2.67. The Labute approximate surface area is 141 Å². The van der Waals surface area contributed by atoms with Crippen LogP contribution >= 0.6 is 0 Å². The molecule has 1 unspecified atom stereocenters. The minimum Gasteiger partial charge on any atom is -0.481 e. The van der Waals surface area contributed by atoms with E-state index in [-0.39, 0.29) is 24.8 Å². The zero-order valence-electron chi connectivity index (χ0n) is 14.5. The maximum Gasteiger partial charge on any atom is 0.310 e. The molecule has 6 heteroatoms. The second-order valence-electron chi connectivity index (χ2n) is 7.03. The number of rotatable bonds is 5. The molecule has 6 nitrogen and oxygen atoms in total. The zero-order valence-corrected chi connectivity index (χ0v) is 14.5. The molecule has 0 radical (unpaired) electrons. The molecule has 1 aliphatic heterocycles. The van der Waals surface area contributed by atoms with Gasteiger partial charge in [-0.25, -0.2) is 0 Å². The van der Waals surface area contributed by atoms with Crippen LogP contribution in [0.15, 0.2) is 18.2 Å². The highest BCUT2D eigenvalue weighted by molar-refractivity contribution is 6.01. The smallest absolute Gasteiger partial charge is 0.310 e. The van der Waals surface area contributed by atoms with E-state index in [4.69, 9.17) is 5.11 Å². The average Bonchev–Trinajstić information content (AvgIpc) is 2.89. The molecule has 24 heavy (non-hydrogen) atoms. The summed E-state index contributed by atoms with van der Waals surface area (Å²) in [4.78, 5) is 37.4. The summed E-state index contributed by atoms with van der Waals surface area (Å²) in [6, 6.07) is 5.76. The first-order valence-electron chi connectivity index (χ1n) is 8.01. The van der Waals surface area contributed by atoms with Gasteiger partial charge in [0.15, 0.2) is 0 Å². The predicted molar refractivity (Wildman–Crippen MR) is 90.8 cm³/mol. The van der Waals surface area contributed by atoms with Crippen LogP contribution in [-0.4, -0.2) is 36.0 Å². The molecule has 2 amide bonds. The number of aryl methyl sites for hydroxylation is 1. The number of carbonyl (C=O) groups is 3. The molecule has 0 spiro atoms. The lowest BCUT2D eigenvalue weighted by atomic mass is 9.93. The summed E-state index contributed by atoms with van der Waals surface area (Å²) in [6.07, 6.45) is 0.146. The molecule has 1 atom stereocenters. The minimum absolute atomic E-state index is 0.0370. The van der Waals surface area contributed by atoms with E-state index >= 15 is 0 Å². The van der Waals surface area contributed by atoms with Crippen LogP contribution in [-0.2, 0) is 14.4 Å². The van der Waals surface area contributed by atoms with Crippen LogP contribution in [0.25, 0.3) is 0 Å². The van der Waals surface area contributed by atoms with E-state index in [0.717, 1.165) is 16.8 Å². The molecule has 1 aromatic carbocycles. The van der Waals surface area contributed by atoms with E-state index in [0.29, 0.717) is 6.54 Å². The van der Waals surface area contributed by atoms with Gasteiger partial charge in [-0.05, 0) is 44.9 Å². The third-order valence-corrected chi connectivity index (χ3v) is 4.65. The van der Waals surface area contributed by atoms with Crippen LogP contribution in [0.2, 0.25) is 0 Å². The van der Waals surface area contributed by atoms with Gasteiger partial charge in [-0.15, -0.1) is 0 Å². The summed E-state index contributed by atoms with van der Waals surface area (Å²) in [6.45, 7) is 7.41. The van der Waals surface area contributed by atoms with E-state index in [9.17, 15) is 14.4 Å². The molecule has 0 aromatic heterocycles. The van der Waals surface area contributed by atoms with Gasteiger partial charge in [0.05, 0.1) is 11.3 Å². The number of amides is 2. The lowest BCUT2D eigenvalue weighted by Crippen LogP contribution is -2.41. The number of aliphatic carboxylic acids is 1. The fraction of sp³-hybridized carbons (Fsp3) is 0.500. The maximum absolute atomic E-state index is 12.3. The summed E-state index contributed by atoms with van der Waals surface area (Å²) in [7, 11) is 0. The average molecular weight is 332 g/mol. The van der Waals surface area contributed by atoms with Crippen molar-refractivity contribution < 1.29 is 19.5 Å². The predicted octanol–water partition coefficient (Wildman–Crippen LogP) is 1.88. The van der Waals surface area contributed by atoms with E-state index in [1.165, 1.54) is 0 Å². The lowest BCUT2D eigenvalue weighted by molar-refractivity contribution is -0.147. The second kappa shape index (κ2) is 6.63. The summed E-state index contributed by atoms with van der Waals surface area (Å²) in [5, 5.41) is 11.8. The first-order chi connectivity index (χ1) is 11.1. The first-order valence-corrected chi connectivity index (χ1v) is 8.01. The van der Waals surface area contributed by atoms with Gasteiger partial charge >= 0.3 is 5.97 Å². The van der Waals surface area contributed by atoms with E-state index in [1.807, 2.05) is 32.0 Å². The van der Waals surface area contributed by atoms with Crippen molar-refractivity contribution in [3.8, 4) is 0 Å². The second-order valence-corrected chi connectivity index (χ2v) is 7.03. The molecule has 1 saturated heterocycles. The Balaban J connectivity index is 2.05. The van der Waals surface area contributed by atoms with Gasteiger partial charge < -0.3 is 15.3 Å². The molecule has 1 aliphatic rings. The van der Waals surface area contributed by atoms with Crippen molar-refractivity contribution in [3.63, 3.8) is 0 Å². The maximum atomic E-state index is 12.3.